The van der Waals surface area contributed by atoms with Crippen LogP contribution in [0.25, 0.3) is 0 Å². The fourth-order valence-corrected chi connectivity index (χ4v) is 4.93. The van der Waals surface area contributed by atoms with Crippen molar-refractivity contribution in [2.24, 2.45) is 11.8 Å². The van der Waals surface area contributed by atoms with E-state index in [0.717, 1.165) is 18.3 Å². The topological polar surface area (TPSA) is 144 Å². The smallest absolute Gasteiger partial charge is 0.382 e. The van der Waals surface area contributed by atoms with Crippen LogP contribution in [0.4, 0.5) is 45.0 Å². The quantitative estimate of drug-likeness (QED) is 0.135. The molecule has 3 heterocycles. The normalized spacial score (nSPS) is 19.6. The monoisotopic (exact) mass is 586 g/mol. The maximum Gasteiger partial charge on any atom is 0.416 e. The van der Waals surface area contributed by atoms with Crippen molar-refractivity contribution in [1.29, 1.82) is 10.8 Å². The minimum absolute atomic E-state index is 0.0851. The molecular formula is C28H27F5N8O. The molecule has 6 N–H and O–H groups in total. The van der Waals surface area contributed by atoms with Gasteiger partial charge in [0.1, 0.15) is 17.5 Å². The van der Waals surface area contributed by atoms with Crippen molar-refractivity contribution >= 4 is 40.5 Å². The summed E-state index contributed by atoms with van der Waals surface area (Å²) < 4.78 is 66.0. The molecule has 3 aromatic rings. The van der Waals surface area contributed by atoms with Crippen LogP contribution < -0.4 is 16.4 Å². The number of benzene rings is 1. The molecule has 14 heteroatoms. The number of anilines is 4. The molecule has 1 amide bonds. The number of carbonyl (C=O) groups is 1. The molecule has 2 fully saturated rings. The highest BCUT2D eigenvalue weighted by Crippen LogP contribution is 2.50. The first-order chi connectivity index (χ1) is 19.8. The van der Waals surface area contributed by atoms with Crippen molar-refractivity contribution in [2.75, 3.05) is 29.5 Å². The van der Waals surface area contributed by atoms with E-state index >= 15 is 0 Å². The molecule has 0 radical (unpaired) electrons. The van der Waals surface area contributed by atoms with Gasteiger partial charge in [-0.2, -0.15) is 13.2 Å². The van der Waals surface area contributed by atoms with E-state index < -0.39 is 29.5 Å². The number of nitrogens with one attached hydrogen (secondary N) is 4. The van der Waals surface area contributed by atoms with Crippen molar-refractivity contribution in [3.05, 3.63) is 71.5 Å². The van der Waals surface area contributed by atoms with Crippen LogP contribution >= 0.6 is 0 Å². The predicted octanol–water partition coefficient (Wildman–Crippen LogP) is 5.79. The fraction of sp³-hybridized carbons (Fsp3) is 0.321. The van der Waals surface area contributed by atoms with Gasteiger partial charge in [0, 0.05) is 60.3 Å². The molecule has 1 saturated carbocycles. The first-order valence-electron chi connectivity index (χ1n) is 13.1. The minimum Gasteiger partial charge on any atom is -0.382 e. The Morgan fingerprint density at radius 1 is 1.07 bits per heavy atom. The number of alkyl halides is 5. The SMILES string of the molecule is N=C(c1ccnc(N)c1Nc1ccc(C(=O)Nc2cc(C(F)(F)F)ccn2)cc1)[C@@H]1CCCN(C(=N)C2CC2(F)F)C1. The Kier molecular flexibility index (Phi) is 7.56. The highest BCUT2D eigenvalue weighted by Gasteiger charge is 2.60. The molecule has 1 aromatic carbocycles. The lowest BCUT2D eigenvalue weighted by atomic mass is 9.88. The zero-order valence-corrected chi connectivity index (χ0v) is 22.1. The Morgan fingerprint density at radius 2 is 1.76 bits per heavy atom. The summed E-state index contributed by atoms with van der Waals surface area (Å²) in [6, 6.07) is 9.22. The van der Waals surface area contributed by atoms with Gasteiger partial charge in [0.15, 0.2) is 0 Å². The maximum absolute atomic E-state index is 13.5. The van der Waals surface area contributed by atoms with Crippen molar-refractivity contribution < 1.29 is 26.7 Å². The maximum atomic E-state index is 13.5. The van der Waals surface area contributed by atoms with Gasteiger partial charge < -0.3 is 26.7 Å². The van der Waals surface area contributed by atoms with E-state index in [4.69, 9.17) is 16.6 Å². The van der Waals surface area contributed by atoms with Gasteiger partial charge in [0.25, 0.3) is 11.8 Å². The van der Waals surface area contributed by atoms with Crippen LogP contribution in [-0.2, 0) is 6.18 Å². The number of hydrogen-bond acceptors (Lipinski definition) is 7. The molecule has 5 rings (SSSR count). The van der Waals surface area contributed by atoms with Gasteiger partial charge in [-0.1, -0.05) is 0 Å². The van der Waals surface area contributed by atoms with Crippen molar-refractivity contribution in [2.45, 2.75) is 31.4 Å². The lowest BCUT2D eigenvalue weighted by Crippen LogP contribution is -2.43. The summed E-state index contributed by atoms with van der Waals surface area (Å²) >= 11 is 0. The summed E-state index contributed by atoms with van der Waals surface area (Å²) in [7, 11) is 0. The number of likely N-dealkylation sites (tertiary alicyclic amines) is 1. The second kappa shape index (κ2) is 11.0. The molecule has 1 unspecified atom stereocenters. The Balaban J connectivity index is 1.27. The molecule has 2 atom stereocenters. The number of halogens is 5. The van der Waals surface area contributed by atoms with E-state index in [9.17, 15) is 26.7 Å². The Hall–Kier alpha value is -4.62. The van der Waals surface area contributed by atoms with Crippen LogP contribution in [0.3, 0.4) is 0 Å². The summed E-state index contributed by atoms with van der Waals surface area (Å²) in [5.74, 6) is -5.08. The number of amides is 1. The summed E-state index contributed by atoms with van der Waals surface area (Å²) in [5, 5.41) is 22.6. The molecule has 0 spiro atoms. The second-order valence-electron chi connectivity index (χ2n) is 10.3. The number of rotatable bonds is 7. The van der Waals surface area contributed by atoms with E-state index in [1.54, 1.807) is 23.1 Å². The van der Waals surface area contributed by atoms with Gasteiger partial charge in [-0.15, -0.1) is 0 Å². The van der Waals surface area contributed by atoms with Gasteiger partial charge in [-0.05, 0) is 55.3 Å². The van der Waals surface area contributed by atoms with Gasteiger partial charge >= 0.3 is 6.18 Å². The largest absolute Gasteiger partial charge is 0.416 e. The average molecular weight is 587 g/mol. The van der Waals surface area contributed by atoms with Crippen LogP contribution in [0, 0.1) is 22.7 Å². The molecule has 2 aromatic heterocycles. The number of piperidine rings is 1. The van der Waals surface area contributed by atoms with Gasteiger partial charge in [-0.25, -0.2) is 18.7 Å². The van der Waals surface area contributed by atoms with Crippen molar-refractivity contribution in [3.8, 4) is 0 Å². The first-order valence-corrected chi connectivity index (χ1v) is 13.1. The summed E-state index contributed by atoms with van der Waals surface area (Å²) in [6.07, 6.45) is -1.17. The molecule has 42 heavy (non-hydrogen) atoms. The highest BCUT2D eigenvalue weighted by atomic mass is 19.4. The zero-order valence-electron chi connectivity index (χ0n) is 22.1. The third kappa shape index (κ3) is 6.16. The number of pyridine rings is 2. The minimum atomic E-state index is -4.58. The van der Waals surface area contributed by atoms with Crippen molar-refractivity contribution in [1.82, 2.24) is 14.9 Å². The zero-order chi connectivity index (χ0) is 30.2. The Bertz CT molecular complexity index is 1530. The third-order valence-corrected chi connectivity index (χ3v) is 7.34. The summed E-state index contributed by atoms with van der Waals surface area (Å²) in [5.41, 5.74) is 6.93. The molecular weight excluding hydrogens is 559 g/mol. The molecule has 9 nitrogen and oxygen atoms in total. The molecule has 1 aliphatic carbocycles. The van der Waals surface area contributed by atoms with Crippen LogP contribution in [0.1, 0.15) is 40.7 Å². The van der Waals surface area contributed by atoms with Crippen LogP contribution in [-0.4, -0.2) is 51.3 Å². The number of nitrogens with zero attached hydrogens (tertiary/aromatic N) is 3. The molecule has 1 saturated heterocycles. The number of hydrogen-bond donors (Lipinski definition) is 5. The Labute approximate surface area is 237 Å². The standard InChI is InChI=1S/C28H27F5N8O/c29-27(30)13-20(27)25(36)41-11-1-2-16(14-41)22(34)19-8-10-38-24(35)23(19)39-18-5-3-15(4-6-18)26(42)40-21-12-17(7-9-37-21)28(31,32)33/h3-10,12,16,20,34,36,39H,1-2,11,13-14H2,(H2,35,38)(H,37,40,42)/t16-,20?/m1/s1. The van der Waals surface area contributed by atoms with Gasteiger partial charge in [0.05, 0.1) is 17.2 Å². The number of aromatic nitrogens is 2. The van der Waals surface area contributed by atoms with E-state index in [1.807, 2.05) is 0 Å². The van der Waals surface area contributed by atoms with Crippen molar-refractivity contribution in [3.63, 3.8) is 0 Å². The predicted molar refractivity (Wildman–Crippen MR) is 147 cm³/mol. The highest BCUT2D eigenvalue weighted by molar-refractivity contribution is 6.07. The van der Waals surface area contributed by atoms with E-state index in [1.165, 1.54) is 18.3 Å². The number of amidine groups is 1. The lowest BCUT2D eigenvalue weighted by molar-refractivity contribution is -0.137. The number of carbonyl (C=O) groups excluding carboxylic acids is 1. The summed E-state index contributed by atoms with van der Waals surface area (Å²) in [6.45, 7) is 0.763. The number of nitrogens with two attached hydrogens (primary N) is 1. The van der Waals surface area contributed by atoms with Gasteiger partial charge in [0.2, 0.25) is 0 Å². The molecule has 0 bridgehead atoms. The van der Waals surface area contributed by atoms with E-state index in [2.05, 4.69) is 20.6 Å². The van der Waals surface area contributed by atoms with Crippen LogP contribution in [0.15, 0.2) is 54.9 Å². The number of nitrogen functional groups attached to an aromatic ring is 1. The second-order valence-corrected chi connectivity index (χ2v) is 10.3. The fourth-order valence-electron chi connectivity index (χ4n) is 4.93. The van der Waals surface area contributed by atoms with E-state index in [-0.39, 0.29) is 47.6 Å². The molecule has 220 valence electrons. The average Bonchev–Trinajstić information content (AvgIpc) is 3.61. The first kappa shape index (κ1) is 28.9. The Morgan fingerprint density at radius 3 is 2.43 bits per heavy atom. The molecule has 1 aliphatic heterocycles. The summed E-state index contributed by atoms with van der Waals surface area (Å²) in [4.78, 5) is 22.1. The van der Waals surface area contributed by atoms with Crippen LogP contribution in [0.2, 0.25) is 0 Å². The van der Waals surface area contributed by atoms with E-state index in [0.29, 0.717) is 36.3 Å². The third-order valence-electron chi connectivity index (χ3n) is 7.34. The van der Waals surface area contributed by atoms with Gasteiger partial charge in [-0.3, -0.25) is 10.2 Å². The van der Waals surface area contributed by atoms with Crippen LogP contribution in [0.5, 0.6) is 0 Å². The molecule has 2 aliphatic rings. The lowest BCUT2D eigenvalue weighted by Gasteiger charge is -2.35.